The number of rotatable bonds is 0. The Morgan fingerprint density at radius 3 is 2.82 bits per heavy atom. The number of hydrogen-bond donors (Lipinski definition) is 1. The first-order valence-electron chi connectivity index (χ1n) is 11.8. The summed E-state index contributed by atoms with van der Waals surface area (Å²) in [7, 11) is 1.98. The third-order valence-electron chi connectivity index (χ3n) is 7.04. The van der Waals surface area contributed by atoms with Crippen LogP contribution in [-0.2, 0) is 24.2 Å². The zero-order chi connectivity index (χ0) is 23.2. The van der Waals surface area contributed by atoms with Crippen molar-refractivity contribution in [1.29, 1.82) is 0 Å². The second-order valence-corrected chi connectivity index (χ2v) is 9.35. The van der Waals surface area contributed by atoms with E-state index in [-0.39, 0.29) is 11.7 Å². The fourth-order valence-corrected chi connectivity index (χ4v) is 5.20. The van der Waals surface area contributed by atoms with Gasteiger partial charge in [0.2, 0.25) is 5.91 Å². The SMILES string of the molecule is CN1CCCc2cccc(F)c2-c2cc3c(n[nH]c3cn2)-c2ccc3c(c2)CN(CC3)C(=O)C1. The van der Waals surface area contributed by atoms with Gasteiger partial charge in [0, 0.05) is 29.6 Å². The fourth-order valence-electron chi connectivity index (χ4n) is 5.20. The molecule has 0 spiro atoms. The van der Waals surface area contributed by atoms with Gasteiger partial charge in [0.05, 0.1) is 24.0 Å². The Hall–Kier alpha value is -3.58. The van der Waals surface area contributed by atoms with Crippen LogP contribution >= 0.6 is 0 Å². The lowest BCUT2D eigenvalue weighted by atomic mass is 9.95. The molecule has 2 aromatic heterocycles. The van der Waals surface area contributed by atoms with E-state index in [1.54, 1.807) is 12.3 Å². The van der Waals surface area contributed by atoms with Crippen LogP contribution in [-0.4, -0.2) is 57.6 Å². The molecule has 172 valence electrons. The molecule has 0 atom stereocenters. The minimum atomic E-state index is -0.274. The van der Waals surface area contributed by atoms with Crippen LogP contribution in [0.2, 0.25) is 0 Å². The fraction of sp³-hybridized carbons (Fsp3) is 0.296. The number of halogens is 1. The van der Waals surface area contributed by atoms with Crippen LogP contribution in [0.5, 0.6) is 0 Å². The van der Waals surface area contributed by atoms with Gasteiger partial charge in [0.15, 0.2) is 0 Å². The third-order valence-corrected chi connectivity index (χ3v) is 7.04. The number of H-pyrrole nitrogens is 1. The molecule has 1 N–H and O–H groups in total. The first kappa shape index (κ1) is 21.0. The van der Waals surface area contributed by atoms with Crippen molar-refractivity contribution in [2.45, 2.75) is 25.8 Å². The maximum absolute atomic E-state index is 15.1. The number of nitrogens with one attached hydrogen (secondary N) is 1. The number of carbonyl (C=O) groups excluding carboxylic acids is 1. The Labute approximate surface area is 197 Å². The highest BCUT2D eigenvalue weighted by Crippen LogP contribution is 2.33. The van der Waals surface area contributed by atoms with E-state index in [2.05, 4.69) is 38.3 Å². The number of aromatic nitrogens is 3. The highest BCUT2D eigenvalue weighted by molar-refractivity contribution is 5.95. The summed E-state index contributed by atoms with van der Waals surface area (Å²) >= 11 is 0. The molecule has 0 aliphatic carbocycles. The highest BCUT2D eigenvalue weighted by atomic mass is 19.1. The summed E-state index contributed by atoms with van der Waals surface area (Å²) < 4.78 is 15.1. The van der Waals surface area contributed by atoms with Crippen LogP contribution in [0.3, 0.4) is 0 Å². The van der Waals surface area contributed by atoms with Crippen LogP contribution in [0.15, 0.2) is 48.7 Å². The number of pyridine rings is 1. The first-order chi connectivity index (χ1) is 16.6. The number of fused-ring (bicyclic) bond motifs is 6. The minimum absolute atomic E-state index is 0.146. The smallest absolute Gasteiger partial charge is 0.237 e. The quantitative estimate of drug-likeness (QED) is 0.432. The van der Waals surface area contributed by atoms with Gasteiger partial charge in [0.25, 0.3) is 0 Å². The summed E-state index contributed by atoms with van der Waals surface area (Å²) in [5.41, 5.74) is 7.11. The van der Waals surface area contributed by atoms with Crippen molar-refractivity contribution in [2.24, 2.45) is 0 Å². The lowest BCUT2D eigenvalue weighted by molar-refractivity contribution is -0.133. The van der Waals surface area contributed by atoms with Gasteiger partial charge in [0.1, 0.15) is 11.5 Å². The maximum atomic E-state index is 15.1. The summed E-state index contributed by atoms with van der Waals surface area (Å²) in [5.74, 6) is -0.128. The topological polar surface area (TPSA) is 65.1 Å². The van der Waals surface area contributed by atoms with Crippen LogP contribution in [0, 0.1) is 5.82 Å². The predicted octanol–water partition coefficient (Wildman–Crippen LogP) is 4.19. The van der Waals surface area contributed by atoms with Crippen LogP contribution in [0.4, 0.5) is 4.39 Å². The normalized spacial score (nSPS) is 16.8. The van der Waals surface area contributed by atoms with E-state index >= 15 is 4.39 Å². The van der Waals surface area contributed by atoms with Crippen molar-refractivity contribution in [3.63, 3.8) is 0 Å². The van der Waals surface area contributed by atoms with Gasteiger partial charge in [-0.2, -0.15) is 5.10 Å². The van der Waals surface area contributed by atoms with Crippen molar-refractivity contribution in [3.8, 4) is 22.5 Å². The van der Waals surface area contributed by atoms with Gasteiger partial charge in [-0.05, 0) is 67.7 Å². The van der Waals surface area contributed by atoms with E-state index in [1.807, 2.05) is 24.1 Å². The summed E-state index contributed by atoms with van der Waals surface area (Å²) in [4.78, 5) is 21.6. The molecule has 0 fully saturated rings. The van der Waals surface area contributed by atoms with Gasteiger partial charge in [-0.25, -0.2) is 4.39 Å². The molecular weight excluding hydrogens is 429 g/mol. The Morgan fingerprint density at radius 1 is 1.00 bits per heavy atom. The third kappa shape index (κ3) is 3.66. The van der Waals surface area contributed by atoms with E-state index < -0.39 is 0 Å². The summed E-state index contributed by atoms with van der Waals surface area (Å²) in [6, 6.07) is 13.5. The van der Waals surface area contributed by atoms with Gasteiger partial charge >= 0.3 is 0 Å². The number of nitrogens with zero attached hydrogens (tertiary/aromatic N) is 4. The van der Waals surface area contributed by atoms with E-state index in [1.165, 1.54) is 11.6 Å². The second-order valence-electron chi connectivity index (χ2n) is 9.35. The van der Waals surface area contributed by atoms with Gasteiger partial charge in [-0.1, -0.05) is 24.3 Å². The molecule has 0 unspecified atom stereocenters. The highest BCUT2D eigenvalue weighted by Gasteiger charge is 2.23. The molecule has 2 aliphatic rings. The van der Waals surface area contributed by atoms with Crippen molar-refractivity contribution >= 4 is 16.8 Å². The molecule has 6 rings (SSSR count). The molecule has 6 nitrogen and oxygen atoms in total. The zero-order valence-corrected chi connectivity index (χ0v) is 19.1. The second kappa shape index (κ2) is 8.33. The van der Waals surface area contributed by atoms with Crippen molar-refractivity contribution in [1.82, 2.24) is 25.0 Å². The number of aromatic amines is 1. The molecule has 2 aliphatic heterocycles. The van der Waals surface area contributed by atoms with E-state index in [0.717, 1.165) is 59.2 Å². The van der Waals surface area contributed by atoms with E-state index in [4.69, 9.17) is 0 Å². The molecule has 34 heavy (non-hydrogen) atoms. The summed E-state index contributed by atoms with van der Waals surface area (Å²) in [6.45, 7) is 2.50. The molecule has 2 aromatic carbocycles. The number of benzene rings is 2. The zero-order valence-electron chi connectivity index (χ0n) is 19.1. The molecule has 7 heteroatoms. The summed E-state index contributed by atoms with van der Waals surface area (Å²) in [6.07, 6.45) is 4.12. The van der Waals surface area contributed by atoms with Crippen LogP contribution in [0.25, 0.3) is 33.4 Å². The molecule has 4 aromatic rings. The Bertz CT molecular complexity index is 1410. The standard InChI is InChI=1S/C27H26FN5O/c1-32-10-3-5-18-4-2-6-22(28)26(18)23-13-21-24(14-29-23)30-31-27(21)19-8-7-17-9-11-33(25(34)16-32)15-20(17)12-19/h2,4,6-8,12-14H,3,5,9-11,15-16H2,1H3,(H,30,31). The number of aryl methyl sites for hydroxylation is 1. The first-order valence-corrected chi connectivity index (χ1v) is 11.8. The molecular formula is C27H26FN5O. The molecule has 0 radical (unpaired) electrons. The van der Waals surface area contributed by atoms with Crippen molar-refractivity contribution < 1.29 is 9.18 Å². The number of likely N-dealkylation sites (N-methyl/N-ethyl adjacent to an activating group) is 1. The van der Waals surface area contributed by atoms with Gasteiger partial charge in [-0.3, -0.25) is 19.8 Å². The van der Waals surface area contributed by atoms with E-state index in [9.17, 15) is 4.79 Å². The van der Waals surface area contributed by atoms with Crippen LogP contribution < -0.4 is 0 Å². The molecule has 0 saturated carbocycles. The van der Waals surface area contributed by atoms with E-state index in [0.29, 0.717) is 30.8 Å². The van der Waals surface area contributed by atoms with Gasteiger partial charge in [-0.15, -0.1) is 0 Å². The average molecular weight is 456 g/mol. The maximum Gasteiger partial charge on any atom is 0.237 e. The molecule has 4 heterocycles. The number of hydrogen-bond acceptors (Lipinski definition) is 4. The summed E-state index contributed by atoms with van der Waals surface area (Å²) in [5, 5.41) is 8.56. The lowest BCUT2D eigenvalue weighted by Gasteiger charge is -2.30. The predicted molar refractivity (Wildman–Crippen MR) is 130 cm³/mol. The number of amides is 1. The molecule has 0 saturated heterocycles. The number of carbonyl (C=O) groups is 1. The lowest BCUT2D eigenvalue weighted by Crippen LogP contribution is -2.42. The van der Waals surface area contributed by atoms with Crippen molar-refractivity contribution in [3.05, 3.63) is 71.2 Å². The average Bonchev–Trinajstić information content (AvgIpc) is 3.26. The van der Waals surface area contributed by atoms with Gasteiger partial charge < -0.3 is 4.90 Å². The Balaban J connectivity index is 1.52. The molecule has 1 amide bonds. The van der Waals surface area contributed by atoms with Crippen LogP contribution in [0.1, 0.15) is 23.1 Å². The minimum Gasteiger partial charge on any atom is -0.337 e. The monoisotopic (exact) mass is 455 g/mol. The largest absolute Gasteiger partial charge is 0.337 e. The Kier molecular flexibility index (Phi) is 5.14. The molecule has 5 bridgehead atoms. The Morgan fingerprint density at radius 2 is 1.91 bits per heavy atom. The van der Waals surface area contributed by atoms with Crippen molar-refractivity contribution in [2.75, 3.05) is 26.7 Å².